The molecular formula is C14H19ClN2. The van der Waals surface area contributed by atoms with Crippen molar-refractivity contribution in [1.29, 1.82) is 5.26 Å². The van der Waals surface area contributed by atoms with Crippen molar-refractivity contribution in [3.63, 3.8) is 0 Å². The molecule has 0 atom stereocenters. The van der Waals surface area contributed by atoms with E-state index in [4.69, 9.17) is 16.9 Å². The fourth-order valence-corrected chi connectivity index (χ4v) is 2.13. The molecule has 0 radical (unpaired) electrons. The van der Waals surface area contributed by atoms with E-state index in [-0.39, 0.29) is 0 Å². The molecule has 0 unspecified atom stereocenters. The molecule has 0 aliphatic rings. The topological polar surface area (TPSA) is 27.0 Å². The summed E-state index contributed by atoms with van der Waals surface area (Å²) in [5, 5.41) is 9.48. The molecule has 1 aromatic carbocycles. The van der Waals surface area contributed by atoms with E-state index < -0.39 is 0 Å². The van der Waals surface area contributed by atoms with E-state index >= 15 is 0 Å². The first kappa shape index (κ1) is 14.0. The molecule has 0 aliphatic heterocycles. The minimum atomic E-state index is 0.622. The Morgan fingerprint density at radius 2 is 1.88 bits per heavy atom. The number of halogens is 1. The van der Waals surface area contributed by atoms with Crippen LogP contribution in [0.25, 0.3) is 0 Å². The number of hydrogen-bond donors (Lipinski definition) is 0. The van der Waals surface area contributed by atoms with Crippen molar-refractivity contribution in [2.45, 2.75) is 33.2 Å². The molecule has 0 fully saturated rings. The summed E-state index contributed by atoms with van der Waals surface area (Å²) in [6.07, 6.45) is 2.29. The van der Waals surface area contributed by atoms with Gasteiger partial charge >= 0.3 is 0 Å². The van der Waals surface area contributed by atoms with Crippen LogP contribution in [0.5, 0.6) is 0 Å². The molecule has 17 heavy (non-hydrogen) atoms. The van der Waals surface area contributed by atoms with Gasteiger partial charge in [0.25, 0.3) is 0 Å². The van der Waals surface area contributed by atoms with Crippen molar-refractivity contribution in [2.24, 2.45) is 0 Å². The van der Waals surface area contributed by atoms with Gasteiger partial charge in [-0.3, -0.25) is 4.90 Å². The third kappa shape index (κ3) is 4.38. The maximum atomic E-state index is 8.78. The van der Waals surface area contributed by atoms with Gasteiger partial charge in [-0.25, -0.2) is 0 Å². The quantitative estimate of drug-likeness (QED) is 0.767. The highest BCUT2D eigenvalue weighted by atomic mass is 35.5. The van der Waals surface area contributed by atoms with Crippen molar-refractivity contribution >= 4 is 11.6 Å². The average Bonchev–Trinajstić information content (AvgIpc) is 2.32. The first-order chi connectivity index (χ1) is 8.21. The highest BCUT2D eigenvalue weighted by molar-refractivity contribution is 6.31. The molecule has 0 spiro atoms. The summed E-state index contributed by atoms with van der Waals surface area (Å²) in [4.78, 5) is 2.40. The van der Waals surface area contributed by atoms with Gasteiger partial charge in [-0.2, -0.15) is 5.26 Å². The fraction of sp³-hybridized carbons (Fsp3) is 0.500. The second-order valence-corrected chi connectivity index (χ2v) is 4.60. The zero-order valence-corrected chi connectivity index (χ0v) is 11.3. The van der Waals surface area contributed by atoms with Gasteiger partial charge in [-0.15, -0.1) is 0 Å². The van der Waals surface area contributed by atoms with Gasteiger partial charge in [0.1, 0.15) is 0 Å². The third-order valence-corrected chi connectivity index (χ3v) is 3.01. The molecule has 3 heteroatoms. The van der Waals surface area contributed by atoms with Crippen LogP contribution in [0.2, 0.25) is 5.02 Å². The van der Waals surface area contributed by atoms with E-state index in [0.717, 1.165) is 38.0 Å². The fourth-order valence-electron chi connectivity index (χ4n) is 1.89. The molecule has 0 saturated heterocycles. The smallest absolute Gasteiger partial charge is 0.0992 e. The lowest BCUT2D eigenvalue weighted by Crippen LogP contribution is -2.25. The van der Waals surface area contributed by atoms with Gasteiger partial charge in [0.2, 0.25) is 0 Å². The van der Waals surface area contributed by atoms with Crippen LogP contribution >= 0.6 is 11.6 Å². The molecular weight excluding hydrogens is 232 g/mol. The molecule has 2 nitrogen and oxygen atoms in total. The van der Waals surface area contributed by atoms with Crippen molar-refractivity contribution in [3.05, 3.63) is 34.3 Å². The lowest BCUT2D eigenvalue weighted by molar-refractivity contribution is 0.266. The molecule has 92 valence electrons. The van der Waals surface area contributed by atoms with Crippen molar-refractivity contribution in [3.8, 4) is 6.07 Å². The van der Waals surface area contributed by atoms with Gasteiger partial charge < -0.3 is 0 Å². The summed E-state index contributed by atoms with van der Waals surface area (Å²) >= 11 is 6.17. The second-order valence-electron chi connectivity index (χ2n) is 4.19. The monoisotopic (exact) mass is 250 g/mol. The summed E-state index contributed by atoms with van der Waals surface area (Å²) < 4.78 is 0. The molecule has 0 bridgehead atoms. The van der Waals surface area contributed by atoms with Crippen LogP contribution in [0.3, 0.4) is 0 Å². The zero-order chi connectivity index (χ0) is 12.7. The van der Waals surface area contributed by atoms with E-state index in [9.17, 15) is 0 Å². The van der Waals surface area contributed by atoms with Gasteiger partial charge in [0.15, 0.2) is 0 Å². The minimum absolute atomic E-state index is 0.622. The Kier molecular flexibility index (Phi) is 6.04. The lowest BCUT2D eigenvalue weighted by Gasteiger charge is -2.21. The number of hydrogen-bond acceptors (Lipinski definition) is 2. The molecule has 0 aliphatic carbocycles. The molecule has 0 saturated carbocycles. The second kappa shape index (κ2) is 7.32. The first-order valence-electron chi connectivity index (χ1n) is 6.12. The Labute approximate surface area is 109 Å². The van der Waals surface area contributed by atoms with Crippen molar-refractivity contribution in [2.75, 3.05) is 13.1 Å². The number of rotatable bonds is 6. The van der Waals surface area contributed by atoms with Gasteiger partial charge in [0.05, 0.1) is 11.6 Å². The van der Waals surface area contributed by atoms with E-state index in [1.165, 1.54) is 0 Å². The third-order valence-electron chi connectivity index (χ3n) is 2.66. The Hall–Kier alpha value is -1.04. The number of benzene rings is 1. The van der Waals surface area contributed by atoms with Gasteiger partial charge in [-0.1, -0.05) is 31.5 Å². The van der Waals surface area contributed by atoms with Gasteiger partial charge in [0, 0.05) is 11.6 Å². The van der Waals surface area contributed by atoms with Crippen LogP contribution < -0.4 is 0 Å². The van der Waals surface area contributed by atoms with Crippen molar-refractivity contribution in [1.82, 2.24) is 4.90 Å². The van der Waals surface area contributed by atoms with Gasteiger partial charge in [-0.05, 0) is 43.6 Å². The first-order valence-corrected chi connectivity index (χ1v) is 6.50. The van der Waals surface area contributed by atoms with Crippen LogP contribution in [-0.2, 0) is 6.54 Å². The maximum absolute atomic E-state index is 8.78. The minimum Gasteiger partial charge on any atom is -0.299 e. The maximum Gasteiger partial charge on any atom is 0.0992 e. The number of nitrogens with zero attached hydrogens (tertiary/aromatic N) is 2. The van der Waals surface area contributed by atoms with Crippen molar-refractivity contribution < 1.29 is 0 Å². The summed E-state index contributed by atoms with van der Waals surface area (Å²) in [6, 6.07) is 7.63. The van der Waals surface area contributed by atoms with Crippen LogP contribution in [0.15, 0.2) is 18.2 Å². The lowest BCUT2D eigenvalue weighted by atomic mass is 10.1. The Morgan fingerprint density at radius 1 is 1.24 bits per heavy atom. The predicted molar refractivity (Wildman–Crippen MR) is 72.0 cm³/mol. The SMILES string of the molecule is CCCN(CCC)Cc1ccc(C#N)cc1Cl. The summed E-state index contributed by atoms with van der Waals surface area (Å²) in [6.45, 7) is 7.41. The Balaban J connectivity index is 2.75. The van der Waals surface area contributed by atoms with Crippen LogP contribution in [0.4, 0.5) is 0 Å². The molecule has 1 rings (SSSR count). The van der Waals surface area contributed by atoms with E-state index in [1.54, 1.807) is 6.07 Å². The van der Waals surface area contributed by atoms with Crippen LogP contribution in [0.1, 0.15) is 37.8 Å². The largest absolute Gasteiger partial charge is 0.299 e. The van der Waals surface area contributed by atoms with E-state index in [1.807, 2.05) is 12.1 Å². The zero-order valence-electron chi connectivity index (χ0n) is 10.5. The molecule has 0 N–H and O–H groups in total. The summed E-state index contributed by atoms with van der Waals surface area (Å²) in [5.74, 6) is 0. The highest BCUT2D eigenvalue weighted by Crippen LogP contribution is 2.19. The Morgan fingerprint density at radius 3 is 2.35 bits per heavy atom. The highest BCUT2D eigenvalue weighted by Gasteiger charge is 2.07. The molecule has 0 amide bonds. The molecule has 1 aromatic rings. The predicted octanol–water partition coefficient (Wildman–Crippen LogP) is 3.83. The van der Waals surface area contributed by atoms with Crippen LogP contribution in [0, 0.1) is 11.3 Å². The van der Waals surface area contributed by atoms with E-state index in [0.29, 0.717) is 10.6 Å². The van der Waals surface area contributed by atoms with Crippen LogP contribution in [-0.4, -0.2) is 18.0 Å². The number of nitriles is 1. The summed E-state index contributed by atoms with van der Waals surface area (Å²) in [7, 11) is 0. The summed E-state index contributed by atoms with van der Waals surface area (Å²) in [5.41, 5.74) is 1.73. The normalized spacial score (nSPS) is 10.5. The Bertz CT molecular complexity index is 390. The standard InChI is InChI=1S/C14H19ClN2/c1-3-7-17(8-4-2)11-13-6-5-12(10-16)9-14(13)15/h5-6,9H,3-4,7-8,11H2,1-2H3. The average molecular weight is 251 g/mol. The van der Waals surface area contributed by atoms with E-state index in [2.05, 4.69) is 24.8 Å². The molecule has 0 aromatic heterocycles. The molecule has 0 heterocycles.